The van der Waals surface area contributed by atoms with Crippen molar-refractivity contribution in [1.82, 2.24) is 20.1 Å². The summed E-state index contributed by atoms with van der Waals surface area (Å²) in [5.41, 5.74) is 2.68. The number of hydrogen-bond acceptors (Lipinski definition) is 7. The van der Waals surface area contributed by atoms with Crippen LogP contribution in [0.3, 0.4) is 0 Å². The molecule has 0 aliphatic rings. The SMILES string of the molecule is C=CCn1c(SCC(=O)Nc2ccc([N+](=O)[O-])cc2C)nnc1[C@@H](NC(=O)c1ccc(C)cc1)C(C)C. The fourth-order valence-electron chi connectivity index (χ4n) is 3.61. The summed E-state index contributed by atoms with van der Waals surface area (Å²) in [6.45, 7) is 11.8. The number of nitro groups is 1. The van der Waals surface area contributed by atoms with Crippen LogP contribution >= 0.6 is 11.8 Å². The number of benzene rings is 2. The number of allylic oxidation sites excluding steroid dienone is 1. The van der Waals surface area contributed by atoms with Gasteiger partial charge < -0.3 is 15.2 Å². The summed E-state index contributed by atoms with van der Waals surface area (Å²) in [4.78, 5) is 36.0. The van der Waals surface area contributed by atoms with E-state index in [0.717, 1.165) is 5.56 Å². The third kappa shape index (κ3) is 7.04. The normalized spacial score (nSPS) is 11.7. The van der Waals surface area contributed by atoms with E-state index in [1.54, 1.807) is 25.1 Å². The maximum Gasteiger partial charge on any atom is 0.269 e. The van der Waals surface area contributed by atoms with Gasteiger partial charge in [0.1, 0.15) is 0 Å². The van der Waals surface area contributed by atoms with Crippen molar-refractivity contribution in [2.45, 2.75) is 45.4 Å². The molecule has 1 heterocycles. The quantitative estimate of drug-likeness (QED) is 0.159. The van der Waals surface area contributed by atoms with Crippen LogP contribution in [-0.4, -0.2) is 37.3 Å². The van der Waals surface area contributed by atoms with Crippen LogP contribution in [0.1, 0.15) is 47.2 Å². The van der Waals surface area contributed by atoms with Gasteiger partial charge in [0.2, 0.25) is 5.91 Å². The van der Waals surface area contributed by atoms with E-state index in [9.17, 15) is 19.7 Å². The molecule has 0 unspecified atom stereocenters. The van der Waals surface area contributed by atoms with Gasteiger partial charge in [0.25, 0.3) is 11.6 Å². The molecule has 0 aliphatic heterocycles. The van der Waals surface area contributed by atoms with E-state index in [-0.39, 0.29) is 29.2 Å². The van der Waals surface area contributed by atoms with Gasteiger partial charge in [-0.15, -0.1) is 16.8 Å². The summed E-state index contributed by atoms with van der Waals surface area (Å²) in [6, 6.07) is 11.2. The molecule has 2 aromatic carbocycles. The van der Waals surface area contributed by atoms with Crippen molar-refractivity contribution in [2.75, 3.05) is 11.1 Å². The summed E-state index contributed by atoms with van der Waals surface area (Å²) >= 11 is 1.20. The van der Waals surface area contributed by atoms with E-state index in [0.29, 0.717) is 34.3 Å². The Morgan fingerprint density at radius 1 is 1.16 bits per heavy atom. The number of thioether (sulfide) groups is 1. The summed E-state index contributed by atoms with van der Waals surface area (Å²) < 4.78 is 1.84. The van der Waals surface area contributed by atoms with Crippen LogP contribution in [0.25, 0.3) is 0 Å². The lowest BCUT2D eigenvalue weighted by atomic mass is 10.0. The summed E-state index contributed by atoms with van der Waals surface area (Å²) in [6.07, 6.45) is 1.70. The van der Waals surface area contributed by atoms with E-state index in [1.165, 1.54) is 30.0 Å². The second-order valence-corrected chi connectivity index (χ2v) is 9.84. The average molecular weight is 523 g/mol. The molecule has 0 bridgehead atoms. The molecule has 0 fully saturated rings. The van der Waals surface area contributed by atoms with Crippen molar-refractivity contribution in [2.24, 2.45) is 5.92 Å². The van der Waals surface area contributed by atoms with E-state index < -0.39 is 11.0 Å². The molecule has 2 N–H and O–H groups in total. The minimum Gasteiger partial charge on any atom is -0.342 e. The Bertz CT molecular complexity index is 1300. The van der Waals surface area contributed by atoms with E-state index in [4.69, 9.17) is 0 Å². The van der Waals surface area contributed by atoms with Crippen LogP contribution in [-0.2, 0) is 11.3 Å². The van der Waals surface area contributed by atoms with Crippen molar-refractivity contribution >= 4 is 35.0 Å². The zero-order valence-corrected chi connectivity index (χ0v) is 22.0. The molecule has 0 radical (unpaired) electrons. The third-order valence-electron chi connectivity index (χ3n) is 5.63. The summed E-state index contributed by atoms with van der Waals surface area (Å²) in [5, 5.41) is 25.9. The van der Waals surface area contributed by atoms with Gasteiger partial charge in [0.15, 0.2) is 11.0 Å². The van der Waals surface area contributed by atoms with Crippen molar-refractivity contribution in [3.8, 4) is 0 Å². The van der Waals surface area contributed by atoms with Crippen molar-refractivity contribution < 1.29 is 14.5 Å². The molecule has 0 aliphatic carbocycles. The lowest BCUT2D eigenvalue weighted by Crippen LogP contribution is -2.33. The molecule has 3 aromatic rings. The van der Waals surface area contributed by atoms with E-state index in [2.05, 4.69) is 27.4 Å². The Labute approximate surface area is 219 Å². The number of non-ortho nitro benzene ring substituents is 1. The number of amides is 2. The Morgan fingerprint density at radius 2 is 1.86 bits per heavy atom. The zero-order chi connectivity index (χ0) is 27.1. The number of rotatable bonds is 11. The highest BCUT2D eigenvalue weighted by Gasteiger charge is 2.26. The number of aromatic nitrogens is 3. The number of anilines is 1. The topological polar surface area (TPSA) is 132 Å². The van der Waals surface area contributed by atoms with Crippen LogP contribution in [0.4, 0.5) is 11.4 Å². The lowest BCUT2D eigenvalue weighted by Gasteiger charge is -2.22. The Balaban J connectivity index is 1.74. The second-order valence-electron chi connectivity index (χ2n) is 8.89. The standard InChI is InChI=1S/C26H30N6O4S/c1-6-13-31-24(23(16(2)3)28-25(34)19-9-7-17(4)8-10-19)29-30-26(31)37-15-22(33)27-21-12-11-20(32(35)36)14-18(21)5/h6-12,14,16,23H,1,13,15H2,2-5H3,(H,27,33)(H,28,34)/t23-/m0/s1. The molecule has 0 saturated carbocycles. The summed E-state index contributed by atoms with van der Waals surface area (Å²) in [5.74, 6) is 0.148. The molecule has 1 aromatic heterocycles. The number of carbonyl (C=O) groups excluding carboxylic acids is 2. The molecule has 194 valence electrons. The third-order valence-corrected chi connectivity index (χ3v) is 6.60. The number of carbonyl (C=O) groups is 2. The fraction of sp³-hybridized carbons (Fsp3) is 0.308. The van der Waals surface area contributed by atoms with Gasteiger partial charge in [-0.1, -0.05) is 49.4 Å². The number of nitrogens with one attached hydrogen (secondary N) is 2. The van der Waals surface area contributed by atoms with Crippen LogP contribution in [0.5, 0.6) is 0 Å². The fourth-order valence-corrected chi connectivity index (χ4v) is 4.37. The number of hydrogen-bond donors (Lipinski definition) is 2. The summed E-state index contributed by atoms with van der Waals surface area (Å²) in [7, 11) is 0. The van der Waals surface area contributed by atoms with Gasteiger partial charge in [-0.2, -0.15) is 0 Å². The maximum absolute atomic E-state index is 12.9. The van der Waals surface area contributed by atoms with E-state index in [1.807, 2.05) is 37.5 Å². The van der Waals surface area contributed by atoms with Gasteiger partial charge in [-0.3, -0.25) is 19.7 Å². The van der Waals surface area contributed by atoms with Crippen LogP contribution < -0.4 is 10.6 Å². The molecular formula is C26H30N6O4S. The van der Waals surface area contributed by atoms with Gasteiger partial charge in [0, 0.05) is 29.9 Å². The highest BCUT2D eigenvalue weighted by Crippen LogP contribution is 2.26. The molecule has 1 atom stereocenters. The smallest absolute Gasteiger partial charge is 0.269 e. The van der Waals surface area contributed by atoms with Gasteiger partial charge in [-0.05, 0) is 43.5 Å². The largest absolute Gasteiger partial charge is 0.342 e. The maximum atomic E-state index is 12.9. The van der Waals surface area contributed by atoms with Crippen molar-refractivity contribution in [3.05, 3.63) is 87.7 Å². The number of nitro benzene ring substituents is 1. The average Bonchev–Trinajstić information content (AvgIpc) is 3.24. The number of aryl methyl sites for hydroxylation is 2. The molecular weight excluding hydrogens is 492 g/mol. The predicted molar refractivity (Wildman–Crippen MR) is 144 cm³/mol. The van der Waals surface area contributed by atoms with Crippen LogP contribution in [0.2, 0.25) is 0 Å². The Kier molecular flexibility index (Phi) is 9.18. The minimum atomic E-state index is -0.480. The highest BCUT2D eigenvalue weighted by atomic mass is 32.2. The number of nitrogens with zero attached hydrogens (tertiary/aromatic N) is 4. The van der Waals surface area contributed by atoms with Crippen LogP contribution in [0.15, 0.2) is 60.3 Å². The molecule has 11 heteroatoms. The first-order chi connectivity index (χ1) is 17.6. The molecule has 37 heavy (non-hydrogen) atoms. The molecule has 3 rings (SSSR count). The molecule has 0 saturated heterocycles. The van der Waals surface area contributed by atoms with Crippen molar-refractivity contribution in [3.63, 3.8) is 0 Å². The highest BCUT2D eigenvalue weighted by molar-refractivity contribution is 7.99. The van der Waals surface area contributed by atoms with Crippen LogP contribution in [0, 0.1) is 29.9 Å². The van der Waals surface area contributed by atoms with E-state index >= 15 is 0 Å². The monoisotopic (exact) mass is 522 g/mol. The molecule has 10 nitrogen and oxygen atoms in total. The lowest BCUT2D eigenvalue weighted by molar-refractivity contribution is -0.384. The van der Waals surface area contributed by atoms with Gasteiger partial charge in [-0.25, -0.2) is 0 Å². The van der Waals surface area contributed by atoms with Gasteiger partial charge >= 0.3 is 0 Å². The van der Waals surface area contributed by atoms with Gasteiger partial charge in [0.05, 0.1) is 16.7 Å². The first-order valence-electron chi connectivity index (χ1n) is 11.7. The Morgan fingerprint density at radius 3 is 2.46 bits per heavy atom. The first-order valence-corrected chi connectivity index (χ1v) is 12.7. The first kappa shape index (κ1) is 27.6. The Hall–Kier alpha value is -3.99. The zero-order valence-electron chi connectivity index (χ0n) is 21.2. The molecule has 0 spiro atoms. The second kappa shape index (κ2) is 12.3. The molecule has 2 amide bonds. The minimum absolute atomic E-state index is 0.0217. The van der Waals surface area contributed by atoms with Crippen molar-refractivity contribution in [1.29, 1.82) is 0 Å². The predicted octanol–water partition coefficient (Wildman–Crippen LogP) is 4.85.